The Hall–Kier alpha value is -0.560. The first-order valence-electron chi connectivity index (χ1n) is 4.67. The molecule has 0 aromatic heterocycles. The summed E-state index contributed by atoms with van der Waals surface area (Å²) in [4.78, 5) is 0. The standard InChI is InChI=1S/C11H14ClF/c1-2-3-4-5-9-6-10(12)8-11(13)7-9/h6-8H,2-5H2,1H3. The van der Waals surface area contributed by atoms with E-state index in [4.69, 9.17) is 11.6 Å². The molecule has 1 rings (SSSR count). The van der Waals surface area contributed by atoms with Crippen LogP contribution in [0.2, 0.25) is 5.02 Å². The Morgan fingerprint density at radius 3 is 2.62 bits per heavy atom. The number of benzene rings is 1. The second kappa shape index (κ2) is 5.23. The third-order valence-electron chi connectivity index (χ3n) is 1.99. The molecule has 0 unspecified atom stereocenters. The molecule has 0 fully saturated rings. The van der Waals surface area contributed by atoms with E-state index in [-0.39, 0.29) is 5.82 Å². The number of hydrogen-bond acceptors (Lipinski definition) is 0. The summed E-state index contributed by atoms with van der Waals surface area (Å²) in [6.07, 6.45) is 4.40. The maximum atomic E-state index is 12.9. The van der Waals surface area contributed by atoms with Gasteiger partial charge in [0.15, 0.2) is 0 Å². The average molecular weight is 201 g/mol. The molecule has 0 nitrogen and oxygen atoms in total. The first kappa shape index (κ1) is 10.5. The van der Waals surface area contributed by atoms with E-state index in [1.807, 2.05) is 6.07 Å². The molecule has 0 bridgehead atoms. The molecule has 0 radical (unpaired) electrons. The maximum absolute atomic E-state index is 12.9. The summed E-state index contributed by atoms with van der Waals surface area (Å²) in [5, 5.41) is 0.492. The van der Waals surface area contributed by atoms with Crippen molar-refractivity contribution < 1.29 is 4.39 Å². The van der Waals surface area contributed by atoms with E-state index in [9.17, 15) is 4.39 Å². The summed E-state index contributed by atoms with van der Waals surface area (Å²) in [6, 6.07) is 4.73. The molecule has 0 aliphatic carbocycles. The summed E-state index contributed by atoms with van der Waals surface area (Å²) in [7, 11) is 0. The SMILES string of the molecule is CCCCCc1cc(F)cc(Cl)c1. The molecule has 0 aliphatic heterocycles. The van der Waals surface area contributed by atoms with Crippen molar-refractivity contribution in [2.45, 2.75) is 32.6 Å². The largest absolute Gasteiger partial charge is 0.207 e. The van der Waals surface area contributed by atoms with Crippen molar-refractivity contribution in [2.24, 2.45) is 0 Å². The van der Waals surface area contributed by atoms with E-state index in [1.165, 1.54) is 18.9 Å². The summed E-state index contributed by atoms with van der Waals surface area (Å²) in [5.41, 5.74) is 0.999. The first-order valence-corrected chi connectivity index (χ1v) is 5.05. The number of aryl methyl sites for hydroxylation is 1. The number of unbranched alkanes of at least 4 members (excludes halogenated alkanes) is 2. The topological polar surface area (TPSA) is 0 Å². The van der Waals surface area contributed by atoms with Crippen LogP contribution in [0.1, 0.15) is 31.7 Å². The van der Waals surface area contributed by atoms with Crippen LogP contribution in [0.4, 0.5) is 4.39 Å². The van der Waals surface area contributed by atoms with Crippen molar-refractivity contribution in [2.75, 3.05) is 0 Å². The Bertz CT molecular complexity index is 251. The zero-order chi connectivity index (χ0) is 9.68. The molecular formula is C11H14ClF. The van der Waals surface area contributed by atoms with Crippen LogP contribution in [0.15, 0.2) is 18.2 Å². The summed E-state index contributed by atoms with van der Waals surface area (Å²) >= 11 is 5.72. The number of hydrogen-bond donors (Lipinski definition) is 0. The Morgan fingerprint density at radius 1 is 1.23 bits per heavy atom. The molecule has 0 heterocycles. The van der Waals surface area contributed by atoms with Gasteiger partial charge in [-0.2, -0.15) is 0 Å². The van der Waals surface area contributed by atoms with Gasteiger partial charge in [-0.3, -0.25) is 0 Å². The first-order chi connectivity index (χ1) is 6.22. The van der Waals surface area contributed by atoms with Gasteiger partial charge in [0.25, 0.3) is 0 Å². The van der Waals surface area contributed by atoms with E-state index >= 15 is 0 Å². The van der Waals surface area contributed by atoms with Crippen molar-refractivity contribution in [3.63, 3.8) is 0 Å². The molecular weight excluding hydrogens is 187 g/mol. The molecule has 0 atom stereocenters. The van der Waals surface area contributed by atoms with E-state index in [0.29, 0.717) is 5.02 Å². The van der Waals surface area contributed by atoms with E-state index < -0.39 is 0 Å². The van der Waals surface area contributed by atoms with Gasteiger partial charge < -0.3 is 0 Å². The maximum Gasteiger partial charge on any atom is 0.124 e. The van der Waals surface area contributed by atoms with Gasteiger partial charge in [0.05, 0.1) is 0 Å². The van der Waals surface area contributed by atoms with E-state index in [1.54, 1.807) is 6.07 Å². The van der Waals surface area contributed by atoms with Gasteiger partial charge in [0, 0.05) is 5.02 Å². The van der Waals surface area contributed by atoms with Crippen LogP contribution in [0.5, 0.6) is 0 Å². The Morgan fingerprint density at radius 2 is 2.00 bits per heavy atom. The van der Waals surface area contributed by atoms with Crippen LogP contribution in [0.25, 0.3) is 0 Å². The second-order valence-corrected chi connectivity index (χ2v) is 3.67. The minimum atomic E-state index is -0.237. The normalized spacial score (nSPS) is 10.4. The highest BCUT2D eigenvalue weighted by molar-refractivity contribution is 6.30. The van der Waals surface area contributed by atoms with Gasteiger partial charge in [-0.1, -0.05) is 31.4 Å². The molecule has 0 saturated heterocycles. The molecule has 0 aliphatic rings. The molecule has 2 heteroatoms. The monoisotopic (exact) mass is 200 g/mol. The van der Waals surface area contributed by atoms with Crippen molar-refractivity contribution >= 4 is 11.6 Å². The second-order valence-electron chi connectivity index (χ2n) is 3.23. The highest BCUT2D eigenvalue weighted by atomic mass is 35.5. The van der Waals surface area contributed by atoms with Crippen molar-refractivity contribution in [1.82, 2.24) is 0 Å². The Labute approximate surface area is 83.7 Å². The smallest absolute Gasteiger partial charge is 0.124 e. The minimum absolute atomic E-state index is 0.237. The fourth-order valence-electron chi connectivity index (χ4n) is 1.33. The predicted molar refractivity (Wildman–Crippen MR) is 54.6 cm³/mol. The average Bonchev–Trinajstić information content (AvgIpc) is 2.03. The molecule has 1 aromatic carbocycles. The van der Waals surface area contributed by atoms with Gasteiger partial charge in [-0.25, -0.2) is 4.39 Å². The molecule has 0 N–H and O–H groups in total. The highest BCUT2D eigenvalue weighted by Crippen LogP contribution is 2.16. The Kier molecular flexibility index (Phi) is 4.23. The van der Waals surface area contributed by atoms with E-state index in [0.717, 1.165) is 18.4 Å². The zero-order valence-corrected chi connectivity index (χ0v) is 8.57. The predicted octanol–water partition coefficient (Wildman–Crippen LogP) is 4.21. The summed E-state index contributed by atoms with van der Waals surface area (Å²) in [5.74, 6) is -0.237. The molecule has 0 amide bonds. The lowest BCUT2D eigenvalue weighted by Gasteiger charge is -2.01. The molecule has 13 heavy (non-hydrogen) atoms. The highest BCUT2D eigenvalue weighted by Gasteiger charge is 1.98. The fraction of sp³-hybridized carbons (Fsp3) is 0.455. The lowest BCUT2D eigenvalue weighted by molar-refractivity contribution is 0.623. The van der Waals surface area contributed by atoms with Gasteiger partial charge in [-0.15, -0.1) is 0 Å². The molecule has 0 saturated carbocycles. The molecule has 72 valence electrons. The summed E-state index contributed by atoms with van der Waals surface area (Å²) < 4.78 is 12.9. The summed E-state index contributed by atoms with van der Waals surface area (Å²) in [6.45, 7) is 2.15. The van der Waals surface area contributed by atoms with Crippen LogP contribution in [-0.2, 0) is 6.42 Å². The van der Waals surface area contributed by atoms with Crippen LogP contribution >= 0.6 is 11.6 Å². The fourth-order valence-corrected chi connectivity index (χ4v) is 1.58. The lowest BCUT2D eigenvalue weighted by Crippen LogP contribution is -1.87. The van der Waals surface area contributed by atoms with Gasteiger partial charge in [0.1, 0.15) is 5.82 Å². The van der Waals surface area contributed by atoms with Crippen molar-refractivity contribution in [1.29, 1.82) is 0 Å². The third-order valence-corrected chi connectivity index (χ3v) is 2.21. The van der Waals surface area contributed by atoms with Crippen LogP contribution < -0.4 is 0 Å². The molecule has 1 aromatic rings. The Balaban J connectivity index is 2.56. The van der Waals surface area contributed by atoms with Gasteiger partial charge in [-0.05, 0) is 36.6 Å². The quantitative estimate of drug-likeness (QED) is 0.639. The lowest BCUT2D eigenvalue weighted by atomic mass is 10.1. The minimum Gasteiger partial charge on any atom is -0.207 e. The van der Waals surface area contributed by atoms with Gasteiger partial charge >= 0.3 is 0 Å². The number of halogens is 2. The van der Waals surface area contributed by atoms with Crippen molar-refractivity contribution in [3.05, 3.63) is 34.6 Å². The third kappa shape index (κ3) is 3.77. The van der Waals surface area contributed by atoms with Crippen LogP contribution in [-0.4, -0.2) is 0 Å². The zero-order valence-electron chi connectivity index (χ0n) is 7.82. The van der Waals surface area contributed by atoms with Gasteiger partial charge in [0.2, 0.25) is 0 Å². The van der Waals surface area contributed by atoms with Crippen LogP contribution in [0, 0.1) is 5.82 Å². The van der Waals surface area contributed by atoms with Crippen LogP contribution in [0.3, 0.4) is 0 Å². The van der Waals surface area contributed by atoms with Crippen molar-refractivity contribution in [3.8, 4) is 0 Å². The molecule has 0 spiro atoms. The van der Waals surface area contributed by atoms with E-state index in [2.05, 4.69) is 6.92 Å². The number of rotatable bonds is 4.